The lowest BCUT2D eigenvalue weighted by Crippen LogP contribution is -2.12. The van der Waals surface area contributed by atoms with Crippen molar-refractivity contribution in [1.29, 1.82) is 0 Å². The molecule has 9 aromatic rings. The van der Waals surface area contributed by atoms with Crippen molar-refractivity contribution in [3.63, 3.8) is 0 Å². The molecule has 0 radical (unpaired) electrons. The minimum absolute atomic E-state index is 0.0684. The Morgan fingerprint density at radius 2 is 1.19 bits per heavy atom. The molecule has 0 unspecified atom stereocenters. The van der Waals surface area contributed by atoms with Gasteiger partial charge in [-0.15, -0.1) is 0 Å². The molecule has 63 heavy (non-hydrogen) atoms. The molecule has 2 aromatic heterocycles. The number of hydrogen-bond acceptors (Lipinski definition) is 3. The Labute approximate surface area is 372 Å². The van der Waals surface area contributed by atoms with Crippen LogP contribution in [0.4, 0.5) is 0 Å². The third kappa shape index (κ3) is 8.10. The first-order chi connectivity index (χ1) is 30.3. The van der Waals surface area contributed by atoms with E-state index in [2.05, 4.69) is 224 Å². The van der Waals surface area contributed by atoms with Gasteiger partial charge in [0, 0.05) is 22.9 Å². The van der Waals surface area contributed by atoms with E-state index in [0.717, 1.165) is 89.2 Å². The number of aryl methyl sites for hydroxylation is 1. The highest BCUT2D eigenvalue weighted by atomic mass is 16.3. The molecule has 7 aromatic carbocycles. The maximum absolute atomic E-state index is 12.3. The predicted octanol–water partition coefficient (Wildman–Crippen LogP) is 16.0. The minimum atomic E-state index is -0.0684. The van der Waals surface area contributed by atoms with Gasteiger partial charge in [-0.05, 0) is 129 Å². The Morgan fingerprint density at radius 1 is 0.524 bits per heavy atom. The van der Waals surface area contributed by atoms with Gasteiger partial charge in [0.2, 0.25) is 0 Å². The van der Waals surface area contributed by atoms with E-state index in [-0.39, 0.29) is 23.0 Å². The Balaban J connectivity index is 1.35. The molecular weight excluding hydrogens is 767 g/mol. The molecule has 0 fully saturated rings. The summed E-state index contributed by atoms with van der Waals surface area (Å²) in [6, 6.07) is 58.5. The van der Waals surface area contributed by atoms with E-state index in [1.165, 1.54) is 11.1 Å². The van der Waals surface area contributed by atoms with E-state index in [1.807, 2.05) is 6.20 Å². The lowest BCUT2D eigenvalue weighted by Gasteiger charge is -2.23. The van der Waals surface area contributed by atoms with E-state index in [4.69, 9.17) is 9.97 Å². The standard InChI is InChI=1S/C59H55N3O/c1-37(2)44-33-50(38(3)4)57(63)52(34-44)58-61-56-49(20-15-21-55(56)62(58)54-27-26-48(59(6,7)8)36-51(54)42-18-13-10-14-19-42)46-30-45(40-16-11-9-12-17-40)31-47(32-46)53-35-43(28-29-60-53)41-24-22-39(5)23-25-41/h9-38,63H,1-8H3. The van der Waals surface area contributed by atoms with Gasteiger partial charge in [0.1, 0.15) is 11.6 Å². The van der Waals surface area contributed by atoms with Crippen molar-refractivity contribution in [2.45, 2.75) is 72.6 Å². The molecule has 1 N–H and O–H groups in total. The molecule has 0 aliphatic carbocycles. The van der Waals surface area contributed by atoms with E-state index < -0.39 is 0 Å². The van der Waals surface area contributed by atoms with E-state index in [9.17, 15) is 5.11 Å². The summed E-state index contributed by atoms with van der Waals surface area (Å²) < 4.78 is 2.28. The zero-order valence-corrected chi connectivity index (χ0v) is 37.6. The second kappa shape index (κ2) is 16.7. The van der Waals surface area contributed by atoms with E-state index in [1.54, 1.807) is 0 Å². The van der Waals surface area contributed by atoms with Gasteiger partial charge in [-0.3, -0.25) is 9.55 Å². The number of para-hydroxylation sites is 1. The molecule has 0 aliphatic heterocycles. The molecule has 0 amide bonds. The summed E-state index contributed by atoms with van der Waals surface area (Å²) in [5.74, 6) is 1.33. The van der Waals surface area contributed by atoms with Crippen LogP contribution >= 0.6 is 0 Å². The molecule has 4 heteroatoms. The number of imidazole rings is 1. The fraction of sp³-hybridized carbons (Fsp3) is 0.186. The Hall–Kier alpha value is -7.04. The zero-order valence-electron chi connectivity index (χ0n) is 37.6. The maximum Gasteiger partial charge on any atom is 0.149 e. The highest BCUT2D eigenvalue weighted by molar-refractivity contribution is 5.98. The average molecular weight is 822 g/mol. The molecule has 0 bridgehead atoms. The van der Waals surface area contributed by atoms with Gasteiger partial charge in [-0.2, -0.15) is 0 Å². The molecule has 0 atom stereocenters. The molecule has 4 nitrogen and oxygen atoms in total. The van der Waals surface area contributed by atoms with Crippen LogP contribution in [0, 0.1) is 6.92 Å². The van der Waals surface area contributed by atoms with E-state index >= 15 is 0 Å². The van der Waals surface area contributed by atoms with Gasteiger partial charge in [0.05, 0.1) is 28.0 Å². The number of rotatable bonds is 9. The summed E-state index contributed by atoms with van der Waals surface area (Å²) in [5.41, 5.74) is 18.7. The van der Waals surface area contributed by atoms with Gasteiger partial charge >= 0.3 is 0 Å². The third-order valence-electron chi connectivity index (χ3n) is 12.4. The Bertz CT molecular complexity index is 3100. The lowest BCUT2D eigenvalue weighted by atomic mass is 9.85. The highest BCUT2D eigenvalue weighted by Gasteiger charge is 2.26. The molecule has 9 rings (SSSR count). The van der Waals surface area contributed by atoms with Crippen molar-refractivity contribution in [2.24, 2.45) is 0 Å². The van der Waals surface area contributed by atoms with Gasteiger partial charge in [0.25, 0.3) is 0 Å². The number of pyridine rings is 1. The quantitative estimate of drug-likeness (QED) is 0.158. The Morgan fingerprint density at radius 3 is 1.87 bits per heavy atom. The van der Waals surface area contributed by atoms with E-state index in [0.29, 0.717) is 5.82 Å². The van der Waals surface area contributed by atoms with Crippen LogP contribution in [0.25, 0.3) is 83.9 Å². The van der Waals surface area contributed by atoms with Crippen LogP contribution in [0.15, 0.2) is 170 Å². The summed E-state index contributed by atoms with van der Waals surface area (Å²) in [4.78, 5) is 10.6. The van der Waals surface area contributed by atoms with Gasteiger partial charge in [0.15, 0.2) is 0 Å². The fourth-order valence-corrected chi connectivity index (χ4v) is 8.67. The van der Waals surface area contributed by atoms with Crippen LogP contribution in [-0.2, 0) is 5.41 Å². The van der Waals surface area contributed by atoms with Gasteiger partial charge in [-0.1, -0.05) is 163 Å². The highest BCUT2D eigenvalue weighted by Crippen LogP contribution is 2.45. The summed E-state index contributed by atoms with van der Waals surface area (Å²) in [6.07, 6.45) is 1.91. The number of nitrogens with zero attached hydrogens (tertiary/aromatic N) is 3. The predicted molar refractivity (Wildman–Crippen MR) is 265 cm³/mol. The van der Waals surface area contributed by atoms with Crippen molar-refractivity contribution >= 4 is 11.0 Å². The number of hydrogen-bond donors (Lipinski definition) is 1. The lowest BCUT2D eigenvalue weighted by molar-refractivity contribution is 0.466. The first-order valence-corrected chi connectivity index (χ1v) is 22.2. The van der Waals surface area contributed by atoms with Gasteiger partial charge in [-0.25, -0.2) is 4.98 Å². The zero-order chi connectivity index (χ0) is 44.0. The number of benzene rings is 7. The van der Waals surface area contributed by atoms with Crippen LogP contribution < -0.4 is 0 Å². The number of fused-ring (bicyclic) bond motifs is 1. The minimum Gasteiger partial charge on any atom is -0.507 e. The number of aromatic hydroxyl groups is 1. The summed E-state index contributed by atoms with van der Waals surface area (Å²) in [6.45, 7) is 17.6. The normalized spacial score (nSPS) is 11.8. The number of phenols is 1. The molecule has 0 spiro atoms. The SMILES string of the molecule is Cc1ccc(-c2ccnc(-c3cc(-c4ccccc4)cc(-c4cccc5c4nc(-c4cc(C(C)C)cc(C(C)C)c4O)n5-c4ccc(C(C)(C)C)cc4-c4ccccc4)c3)c2)cc1. The molecule has 0 saturated carbocycles. The second-order valence-electron chi connectivity index (χ2n) is 18.6. The number of phenolic OH excluding ortho intramolecular Hbond substituents is 1. The second-order valence-corrected chi connectivity index (χ2v) is 18.6. The molecule has 312 valence electrons. The van der Waals surface area contributed by atoms with Crippen LogP contribution in [0.5, 0.6) is 5.75 Å². The van der Waals surface area contributed by atoms with Crippen molar-refractivity contribution in [3.05, 3.63) is 192 Å². The largest absolute Gasteiger partial charge is 0.507 e. The van der Waals surface area contributed by atoms with Crippen LogP contribution in [0.3, 0.4) is 0 Å². The van der Waals surface area contributed by atoms with Crippen LogP contribution in [0.2, 0.25) is 0 Å². The molecular formula is C59H55N3O. The first kappa shape index (κ1) is 41.3. The van der Waals surface area contributed by atoms with Crippen LogP contribution in [-0.4, -0.2) is 19.6 Å². The number of aromatic nitrogens is 3. The van der Waals surface area contributed by atoms with Crippen LogP contribution in [0.1, 0.15) is 82.6 Å². The van der Waals surface area contributed by atoms with Crippen molar-refractivity contribution in [1.82, 2.24) is 14.5 Å². The average Bonchev–Trinajstić information content (AvgIpc) is 3.68. The molecule has 0 aliphatic rings. The maximum atomic E-state index is 12.3. The summed E-state index contributed by atoms with van der Waals surface area (Å²) >= 11 is 0. The van der Waals surface area contributed by atoms with Crippen molar-refractivity contribution in [2.75, 3.05) is 0 Å². The summed E-state index contributed by atoms with van der Waals surface area (Å²) in [7, 11) is 0. The topological polar surface area (TPSA) is 50.9 Å². The molecule has 0 saturated heterocycles. The summed E-state index contributed by atoms with van der Waals surface area (Å²) in [5, 5.41) is 12.3. The molecule has 2 heterocycles. The Kier molecular flexibility index (Phi) is 10.9. The van der Waals surface area contributed by atoms with Crippen molar-refractivity contribution in [3.8, 4) is 78.6 Å². The smallest absolute Gasteiger partial charge is 0.149 e. The van der Waals surface area contributed by atoms with Gasteiger partial charge < -0.3 is 5.11 Å². The monoisotopic (exact) mass is 821 g/mol. The van der Waals surface area contributed by atoms with Crippen molar-refractivity contribution < 1.29 is 5.11 Å². The third-order valence-corrected chi connectivity index (χ3v) is 12.4. The fourth-order valence-electron chi connectivity index (χ4n) is 8.67. The first-order valence-electron chi connectivity index (χ1n) is 22.2.